The lowest BCUT2D eigenvalue weighted by Gasteiger charge is -2.20. The Morgan fingerprint density at radius 3 is 2.27 bits per heavy atom. The van der Waals surface area contributed by atoms with Gasteiger partial charge in [0.05, 0.1) is 0 Å². The van der Waals surface area contributed by atoms with Gasteiger partial charge in [0.1, 0.15) is 6.29 Å². The van der Waals surface area contributed by atoms with E-state index in [1.54, 1.807) is 5.57 Å². The minimum atomic E-state index is 0.345. The summed E-state index contributed by atoms with van der Waals surface area (Å²) < 4.78 is 0. The van der Waals surface area contributed by atoms with Gasteiger partial charge in [-0.1, -0.05) is 11.1 Å². The number of allylic oxidation sites excluding steroid dienone is 2. The summed E-state index contributed by atoms with van der Waals surface area (Å²) in [7, 11) is 0. The summed E-state index contributed by atoms with van der Waals surface area (Å²) in [6.07, 6.45) is 5.55. The van der Waals surface area contributed by atoms with Crippen LogP contribution >= 0.6 is 0 Å². The largest absolute Gasteiger partial charge is 0.303 e. The molecule has 1 aliphatic carbocycles. The van der Waals surface area contributed by atoms with Gasteiger partial charge in [-0.3, -0.25) is 0 Å². The molecule has 0 bridgehead atoms. The van der Waals surface area contributed by atoms with E-state index in [2.05, 4.69) is 13.8 Å². The van der Waals surface area contributed by atoms with Crippen molar-refractivity contribution in [2.24, 2.45) is 5.92 Å². The summed E-state index contributed by atoms with van der Waals surface area (Å²) >= 11 is 0. The molecular formula is C10H16O. The molecule has 0 N–H and O–H groups in total. The quantitative estimate of drug-likeness (QED) is 0.417. The second-order valence-electron chi connectivity index (χ2n) is 3.58. The predicted molar refractivity (Wildman–Crippen MR) is 46.4 cm³/mol. The van der Waals surface area contributed by atoms with E-state index in [1.165, 1.54) is 5.57 Å². The molecule has 1 nitrogen and oxygen atoms in total. The van der Waals surface area contributed by atoms with E-state index >= 15 is 0 Å². The van der Waals surface area contributed by atoms with Crippen LogP contribution < -0.4 is 0 Å². The highest BCUT2D eigenvalue weighted by atomic mass is 16.1. The van der Waals surface area contributed by atoms with E-state index in [9.17, 15) is 4.79 Å². The van der Waals surface area contributed by atoms with Crippen LogP contribution in [0.25, 0.3) is 0 Å². The molecule has 0 atom stereocenters. The summed E-state index contributed by atoms with van der Waals surface area (Å²) in [5.74, 6) is 0.345. The molecule has 0 aliphatic heterocycles. The first-order chi connectivity index (χ1) is 5.24. The minimum Gasteiger partial charge on any atom is -0.303 e. The molecule has 0 radical (unpaired) electrons. The Morgan fingerprint density at radius 2 is 1.91 bits per heavy atom. The zero-order valence-electron chi connectivity index (χ0n) is 7.39. The van der Waals surface area contributed by atoms with Crippen molar-refractivity contribution in [3.63, 3.8) is 0 Å². The molecule has 1 saturated carbocycles. The second kappa shape index (κ2) is 3.70. The predicted octanol–water partition coefficient (Wildman–Crippen LogP) is 2.71. The SMILES string of the molecule is CC(C)=C1CCC(C=O)CC1. The Bertz CT molecular complexity index is 165. The molecule has 0 aromatic carbocycles. The van der Waals surface area contributed by atoms with Crippen molar-refractivity contribution in [2.75, 3.05) is 0 Å². The number of carbonyl (C=O) groups excluding carboxylic acids is 1. The van der Waals surface area contributed by atoms with Crippen molar-refractivity contribution in [1.82, 2.24) is 0 Å². The topological polar surface area (TPSA) is 17.1 Å². The zero-order valence-corrected chi connectivity index (χ0v) is 7.39. The van der Waals surface area contributed by atoms with Gasteiger partial charge in [0, 0.05) is 5.92 Å². The Morgan fingerprint density at radius 1 is 1.36 bits per heavy atom. The second-order valence-corrected chi connectivity index (χ2v) is 3.58. The molecule has 1 fully saturated rings. The molecule has 1 heteroatoms. The third-order valence-corrected chi connectivity index (χ3v) is 2.53. The third kappa shape index (κ3) is 2.18. The Balaban J connectivity index is 2.48. The molecule has 0 aromatic rings. The van der Waals surface area contributed by atoms with Crippen molar-refractivity contribution < 1.29 is 4.79 Å². The summed E-state index contributed by atoms with van der Waals surface area (Å²) in [5.41, 5.74) is 3.03. The molecule has 0 aromatic heterocycles. The highest BCUT2D eigenvalue weighted by molar-refractivity contribution is 5.54. The average molecular weight is 152 g/mol. The maximum Gasteiger partial charge on any atom is 0.123 e. The van der Waals surface area contributed by atoms with Crippen LogP contribution in [-0.2, 0) is 4.79 Å². The van der Waals surface area contributed by atoms with Crippen molar-refractivity contribution in [3.05, 3.63) is 11.1 Å². The van der Waals surface area contributed by atoms with Gasteiger partial charge in [0.25, 0.3) is 0 Å². The number of hydrogen-bond donors (Lipinski definition) is 0. The first-order valence-electron chi connectivity index (χ1n) is 4.34. The monoisotopic (exact) mass is 152 g/mol. The van der Waals surface area contributed by atoms with Crippen LogP contribution in [0.2, 0.25) is 0 Å². The fourth-order valence-corrected chi connectivity index (χ4v) is 1.62. The van der Waals surface area contributed by atoms with Crippen molar-refractivity contribution in [3.8, 4) is 0 Å². The summed E-state index contributed by atoms with van der Waals surface area (Å²) in [6, 6.07) is 0. The van der Waals surface area contributed by atoms with Crippen molar-refractivity contribution in [1.29, 1.82) is 0 Å². The highest BCUT2D eigenvalue weighted by Crippen LogP contribution is 2.28. The lowest BCUT2D eigenvalue weighted by atomic mass is 9.85. The lowest BCUT2D eigenvalue weighted by molar-refractivity contribution is -0.111. The Labute approximate surface area is 68.5 Å². The van der Waals surface area contributed by atoms with Gasteiger partial charge in [-0.05, 0) is 39.5 Å². The van der Waals surface area contributed by atoms with Crippen LogP contribution in [0, 0.1) is 5.92 Å². The smallest absolute Gasteiger partial charge is 0.123 e. The van der Waals surface area contributed by atoms with E-state index in [1.807, 2.05) is 0 Å². The van der Waals surface area contributed by atoms with E-state index in [-0.39, 0.29) is 0 Å². The van der Waals surface area contributed by atoms with Gasteiger partial charge in [-0.15, -0.1) is 0 Å². The third-order valence-electron chi connectivity index (χ3n) is 2.53. The van der Waals surface area contributed by atoms with Gasteiger partial charge >= 0.3 is 0 Å². The molecule has 62 valence electrons. The fourth-order valence-electron chi connectivity index (χ4n) is 1.62. The first-order valence-corrected chi connectivity index (χ1v) is 4.34. The maximum atomic E-state index is 10.4. The highest BCUT2D eigenvalue weighted by Gasteiger charge is 2.15. The number of carbonyl (C=O) groups is 1. The molecule has 0 heterocycles. The minimum absolute atomic E-state index is 0.345. The van der Waals surface area contributed by atoms with Gasteiger partial charge in [0.15, 0.2) is 0 Å². The summed E-state index contributed by atoms with van der Waals surface area (Å²) in [5, 5.41) is 0. The fraction of sp³-hybridized carbons (Fsp3) is 0.700. The summed E-state index contributed by atoms with van der Waals surface area (Å²) in [4.78, 5) is 10.4. The van der Waals surface area contributed by atoms with E-state index in [4.69, 9.17) is 0 Å². The molecule has 1 rings (SSSR count). The normalized spacial score (nSPS) is 24.9. The van der Waals surface area contributed by atoms with Gasteiger partial charge in [-0.2, -0.15) is 0 Å². The van der Waals surface area contributed by atoms with Crippen molar-refractivity contribution >= 4 is 6.29 Å². The Hall–Kier alpha value is -0.590. The summed E-state index contributed by atoms with van der Waals surface area (Å²) in [6.45, 7) is 4.33. The molecule has 0 saturated heterocycles. The molecular weight excluding hydrogens is 136 g/mol. The van der Waals surface area contributed by atoms with Gasteiger partial charge in [-0.25, -0.2) is 0 Å². The Kier molecular flexibility index (Phi) is 2.86. The average Bonchev–Trinajstić information content (AvgIpc) is 2.05. The molecule has 0 spiro atoms. The van der Waals surface area contributed by atoms with Crippen molar-refractivity contribution in [2.45, 2.75) is 39.5 Å². The standard InChI is InChI=1S/C10H16O/c1-8(2)10-5-3-9(7-11)4-6-10/h7,9H,3-6H2,1-2H3. The zero-order chi connectivity index (χ0) is 8.27. The number of hydrogen-bond acceptors (Lipinski definition) is 1. The van der Waals surface area contributed by atoms with E-state index < -0.39 is 0 Å². The van der Waals surface area contributed by atoms with Crippen LogP contribution in [0.15, 0.2) is 11.1 Å². The van der Waals surface area contributed by atoms with Crippen LogP contribution in [0.3, 0.4) is 0 Å². The van der Waals surface area contributed by atoms with Crippen LogP contribution in [0.5, 0.6) is 0 Å². The number of aldehydes is 1. The molecule has 11 heavy (non-hydrogen) atoms. The van der Waals surface area contributed by atoms with Gasteiger partial charge < -0.3 is 4.79 Å². The van der Waals surface area contributed by atoms with Gasteiger partial charge in [0.2, 0.25) is 0 Å². The van der Waals surface area contributed by atoms with Crippen LogP contribution in [0.4, 0.5) is 0 Å². The van der Waals surface area contributed by atoms with E-state index in [0.29, 0.717) is 5.92 Å². The molecule has 1 aliphatic rings. The first kappa shape index (κ1) is 8.51. The van der Waals surface area contributed by atoms with E-state index in [0.717, 1.165) is 32.0 Å². The maximum absolute atomic E-state index is 10.4. The molecule has 0 amide bonds. The van der Waals surface area contributed by atoms with Crippen LogP contribution in [0.1, 0.15) is 39.5 Å². The lowest BCUT2D eigenvalue weighted by Crippen LogP contribution is -2.09. The number of rotatable bonds is 1. The van der Waals surface area contributed by atoms with Crippen LogP contribution in [-0.4, -0.2) is 6.29 Å². The molecule has 0 unspecified atom stereocenters.